The van der Waals surface area contributed by atoms with E-state index in [1.54, 1.807) is 23.9 Å². The summed E-state index contributed by atoms with van der Waals surface area (Å²) in [4.78, 5) is 30.2. The number of urea groups is 1. The smallest absolute Gasteiger partial charge is 0.319 e. The molecule has 126 valence electrons. The fraction of sp³-hybridized carbons (Fsp3) is 0.556. The van der Waals surface area contributed by atoms with Gasteiger partial charge in [0.05, 0.1) is 5.92 Å². The van der Waals surface area contributed by atoms with E-state index in [-0.39, 0.29) is 23.8 Å². The predicted octanol–water partition coefficient (Wildman–Crippen LogP) is 2.25. The second-order valence-corrected chi connectivity index (χ2v) is 6.62. The summed E-state index contributed by atoms with van der Waals surface area (Å²) in [5.74, 6) is 0.293. The lowest BCUT2D eigenvalue weighted by Crippen LogP contribution is -2.54. The number of carbonyl (C=O) groups excluding carboxylic acids is 2. The van der Waals surface area contributed by atoms with Crippen LogP contribution in [0.3, 0.4) is 0 Å². The van der Waals surface area contributed by atoms with Crippen molar-refractivity contribution in [1.29, 1.82) is 0 Å². The van der Waals surface area contributed by atoms with Gasteiger partial charge in [-0.15, -0.1) is 0 Å². The molecule has 0 saturated carbocycles. The van der Waals surface area contributed by atoms with Crippen LogP contribution in [0.5, 0.6) is 0 Å². The summed E-state index contributed by atoms with van der Waals surface area (Å²) in [6.07, 6.45) is 0. The maximum absolute atomic E-state index is 13.0. The summed E-state index contributed by atoms with van der Waals surface area (Å²) < 4.78 is 0. The minimum atomic E-state index is -0.118. The zero-order valence-corrected chi connectivity index (χ0v) is 14.5. The quantitative estimate of drug-likeness (QED) is 0.858. The fourth-order valence-electron chi connectivity index (χ4n) is 3.07. The maximum Gasteiger partial charge on any atom is 0.319 e. The lowest BCUT2D eigenvalue weighted by molar-refractivity contribution is -0.135. The molecule has 0 radical (unpaired) electrons. The van der Waals surface area contributed by atoms with Crippen LogP contribution in [0, 0.1) is 5.92 Å². The molecule has 0 N–H and O–H groups in total. The Balaban J connectivity index is 2.04. The Morgan fingerprint density at radius 3 is 1.96 bits per heavy atom. The van der Waals surface area contributed by atoms with Gasteiger partial charge in [-0.05, 0) is 11.5 Å². The molecule has 0 spiro atoms. The number of amides is 3. The molecule has 2 rings (SSSR count). The van der Waals surface area contributed by atoms with E-state index < -0.39 is 0 Å². The zero-order chi connectivity index (χ0) is 17.0. The first-order valence-corrected chi connectivity index (χ1v) is 8.21. The van der Waals surface area contributed by atoms with Gasteiger partial charge in [0.25, 0.3) is 0 Å². The molecule has 3 amide bonds. The Labute approximate surface area is 138 Å². The van der Waals surface area contributed by atoms with Gasteiger partial charge < -0.3 is 14.7 Å². The van der Waals surface area contributed by atoms with Crippen LogP contribution in [0.25, 0.3) is 0 Å². The van der Waals surface area contributed by atoms with Crippen LogP contribution in [0.4, 0.5) is 4.79 Å². The van der Waals surface area contributed by atoms with Crippen LogP contribution < -0.4 is 0 Å². The highest BCUT2D eigenvalue weighted by Crippen LogP contribution is 2.27. The molecule has 5 heteroatoms. The fourth-order valence-corrected chi connectivity index (χ4v) is 3.07. The van der Waals surface area contributed by atoms with Gasteiger partial charge in [-0.1, -0.05) is 44.2 Å². The highest BCUT2D eigenvalue weighted by atomic mass is 16.2. The molecule has 1 aromatic rings. The van der Waals surface area contributed by atoms with E-state index in [1.165, 1.54) is 0 Å². The number of nitrogens with zero attached hydrogens (tertiary/aromatic N) is 3. The van der Waals surface area contributed by atoms with Crippen molar-refractivity contribution in [3.63, 3.8) is 0 Å². The van der Waals surface area contributed by atoms with E-state index in [2.05, 4.69) is 13.8 Å². The third kappa shape index (κ3) is 4.03. The Bertz CT molecular complexity index is 534. The van der Waals surface area contributed by atoms with Crippen molar-refractivity contribution in [2.45, 2.75) is 19.8 Å². The third-order valence-electron chi connectivity index (χ3n) is 4.34. The van der Waals surface area contributed by atoms with Crippen LogP contribution in [0.2, 0.25) is 0 Å². The van der Waals surface area contributed by atoms with Crippen molar-refractivity contribution in [3.05, 3.63) is 35.9 Å². The van der Waals surface area contributed by atoms with Gasteiger partial charge in [0.2, 0.25) is 5.91 Å². The molecule has 5 nitrogen and oxygen atoms in total. The van der Waals surface area contributed by atoms with E-state index in [4.69, 9.17) is 0 Å². The van der Waals surface area contributed by atoms with E-state index in [1.807, 2.05) is 35.2 Å². The van der Waals surface area contributed by atoms with Crippen molar-refractivity contribution in [3.8, 4) is 0 Å². The molecule has 1 aliphatic heterocycles. The number of piperazine rings is 1. The topological polar surface area (TPSA) is 43.9 Å². The minimum Gasteiger partial charge on any atom is -0.339 e. The normalized spacial score (nSPS) is 16.4. The molecule has 1 heterocycles. The number of hydrogen-bond acceptors (Lipinski definition) is 2. The highest BCUT2D eigenvalue weighted by Gasteiger charge is 2.31. The van der Waals surface area contributed by atoms with E-state index in [0.29, 0.717) is 26.2 Å². The predicted molar refractivity (Wildman–Crippen MR) is 91.3 cm³/mol. The van der Waals surface area contributed by atoms with Gasteiger partial charge in [-0.25, -0.2) is 4.79 Å². The number of hydrogen-bond donors (Lipinski definition) is 0. The number of rotatable bonds is 3. The second kappa shape index (κ2) is 7.49. The van der Waals surface area contributed by atoms with Gasteiger partial charge in [0, 0.05) is 40.3 Å². The molecule has 0 aliphatic carbocycles. The average molecular weight is 317 g/mol. The second-order valence-electron chi connectivity index (χ2n) is 6.62. The van der Waals surface area contributed by atoms with Crippen molar-refractivity contribution in [2.24, 2.45) is 5.92 Å². The van der Waals surface area contributed by atoms with E-state index >= 15 is 0 Å². The van der Waals surface area contributed by atoms with Gasteiger partial charge in [-0.2, -0.15) is 0 Å². The van der Waals surface area contributed by atoms with Crippen molar-refractivity contribution < 1.29 is 9.59 Å². The standard InChI is InChI=1S/C18H27N3O2/c1-14(2)16(15-8-6-5-7-9-15)17(22)20-10-12-21(13-11-20)18(23)19(3)4/h5-9,14,16H,10-13H2,1-4H3. The minimum absolute atomic E-state index is 0.0144. The van der Waals surface area contributed by atoms with Gasteiger partial charge >= 0.3 is 6.03 Å². The van der Waals surface area contributed by atoms with Crippen molar-refractivity contribution in [2.75, 3.05) is 40.3 Å². The number of carbonyl (C=O) groups is 2. The molecule has 1 fully saturated rings. The molecule has 0 aromatic heterocycles. The monoisotopic (exact) mass is 317 g/mol. The summed E-state index contributed by atoms with van der Waals surface area (Å²) in [6, 6.07) is 9.98. The molecule has 1 saturated heterocycles. The number of benzene rings is 1. The summed E-state index contributed by atoms with van der Waals surface area (Å²) >= 11 is 0. The summed E-state index contributed by atoms with van der Waals surface area (Å²) in [7, 11) is 3.51. The van der Waals surface area contributed by atoms with Crippen molar-refractivity contribution in [1.82, 2.24) is 14.7 Å². The summed E-state index contributed by atoms with van der Waals surface area (Å²) in [5.41, 5.74) is 1.07. The molecule has 1 unspecified atom stereocenters. The van der Waals surface area contributed by atoms with Crippen LogP contribution in [0.1, 0.15) is 25.3 Å². The van der Waals surface area contributed by atoms with E-state index in [0.717, 1.165) is 5.56 Å². The van der Waals surface area contributed by atoms with Gasteiger partial charge in [-0.3, -0.25) is 4.79 Å². The zero-order valence-electron chi connectivity index (χ0n) is 14.5. The van der Waals surface area contributed by atoms with Crippen LogP contribution in [-0.2, 0) is 4.79 Å². The van der Waals surface area contributed by atoms with E-state index in [9.17, 15) is 9.59 Å². The Kier molecular flexibility index (Phi) is 5.64. The first kappa shape index (κ1) is 17.3. The lowest BCUT2D eigenvalue weighted by Gasteiger charge is -2.38. The Hall–Kier alpha value is -2.04. The first-order valence-electron chi connectivity index (χ1n) is 8.21. The molecule has 23 heavy (non-hydrogen) atoms. The highest BCUT2D eigenvalue weighted by molar-refractivity contribution is 5.84. The third-order valence-corrected chi connectivity index (χ3v) is 4.34. The van der Waals surface area contributed by atoms with Crippen LogP contribution in [0.15, 0.2) is 30.3 Å². The van der Waals surface area contributed by atoms with Crippen LogP contribution in [-0.4, -0.2) is 66.9 Å². The molecule has 0 bridgehead atoms. The molecule has 1 aromatic carbocycles. The van der Waals surface area contributed by atoms with Crippen molar-refractivity contribution >= 4 is 11.9 Å². The SMILES string of the molecule is CC(C)C(C(=O)N1CCN(C(=O)N(C)C)CC1)c1ccccc1. The summed E-state index contributed by atoms with van der Waals surface area (Å²) in [6.45, 7) is 6.58. The molecule has 1 aliphatic rings. The molecular weight excluding hydrogens is 290 g/mol. The first-order chi connectivity index (χ1) is 10.9. The van der Waals surface area contributed by atoms with Gasteiger partial charge in [0.1, 0.15) is 0 Å². The molecular formula is C18H27N3O2. The lowest BCUT2D eigenvalue weighted by atomic mass is 9.87. The summed E-state index contributed by atoms with van der Waals surface area (Å²) in [5, 5.41) is 0. The van der Waals surface area contributed by atoms with Crippen LogP contribution >= 0.6 is 0 Å². The Morgan fingerprint density at radius 1 is 0.957 bits per heavy atom. The van der Waals surface area contributed by atoms with Gasteiger partial charge in [0.15, 0.2) is 0 Å². The largest absolute Gasteiger partial charge is 0.339 e. The molecule has 1 atom stereocenters. The maximum atomic E-state index is 13.0. The Morgan fingerprint density at radius 2 is 1.48 bits per heavy atom. The average Bonchev–Trinajstić information content (AvgIpc) is 2.55.